The summed E-state index contributed by atoms with van der Waals surface area (Å²) in [7, 11) is 0. The maximum absolute atomic E-state index is 12.8. The van der Waals surface area contributed by atoms with Crippen LogP contribution in [-0.4, -0.2) is 37.2 Å². The molecule has 0 fully saturated rings. The predicted molar refractivity (Wildman–Crippen MR) is 275 cm³/mol. The van der Waals surface area contributed by atoms with Gasteiger partial charge in [-0.25, -0.2) is 0 Å². The summed E-state index contributed by atoms with van der Waals surface area (Å²) in [5, 5.41) is 0. The smallest absolute Gasteiger partial charge is 0.306 e. The van der Waals surface area contributed by atoms with E-state index in [4.69, 9.17) is 14.2 Å². The Hall–Kier alpha value is -2.11. The van der Waals surface area contributed by atoms with Gasteiger partial charge in [0, 0.05) is 19.3 Å². The Bertz CT molecular complexity index is 1040. The van der Waals surface area contributed by atoms with Gasteiger partial charge in [-0.3, -0.25) is 14.4 Å². The van der Waals surface area contributed by atoms with Gasteiger partial charge in [0.2, 0.25) is 0 Å². The summed E-state index contributed by atoms with van der Waals surface area (Å²) < 4.78 is 16.8. The van der Waals surface area contributed by atoms with Crippen molar-refractivity contribution in [2.75, 3.05) is 13.2 Å². The molecular weight excluding hydrogens is 793 g/mol. The van der Waals surface area contributed by atoms with E-state index in [0.717, 1.165) is 64.2 Å². The molecule has 0 amide bonds. The number of ether oxygens (including phenoxy) is 3. The third-order valence-corrected chi connectivity index (χ3v) is 12.7. The van der Waals surface area contributed by atoms with Crippen LogP contribution in [0, 0.1) is 0 Å². The number of hydrogen-bond acceptors (Lipinski definition) is 6. The number of hydrogen-bond donors (Lipinski definition) is 0. The third kappa shape index (κ3) is 50.9. The van der Waals surface area contributed by atoms with Gasteiger partial charge in [-0.15, -0.1) is 0 Å². The van der Waals surface area contributed by atoms with Crippen LogP contribution in [0.15, 0.2) is 24.3 Å². The molecule has 0 aliphatic carbocycles. The number of unbranched alkanes of at least 4 members (excludes halogenated alkanes) is 37. The maximum atomic E-state index is 12.8. The monoisotopic (exact) mass is 901 g/mol. The molecule has 376 valence electrons. The van der Waals surface area contributed by atoms with Crippen LogP contribution in [0.1, 0.15) is 310 Å². The van der Waals surface area contributed by atoms with E-state index in [1.54, 1.807) is 0 Å². The van der Waals surface area contributed by atoms with Gasteiger partial charge in [0.05, 0.1) is 0 Å². The Morgan fingerprint density at radius 1 is 0.297 bits per heavy atom. The highest BCUT2D eigenvalue weighted by atomic mass is 16.6. The van der Waals surface area contributed by atoms with E-state index in [9.17, 15) is 14.4 Å². The van der Waals surface area contributed by atoms with Gasteiger partial charge in [-0.2, -0.15) is 0 Å². The van der Waals surface area contributed by atoms with Crippen molar-refractivity contribution in [1.29, 1.82) is 0 Å². The van der Waals surface area contributed by atoms with Crippen molar-refractivity contribution < 1.29 is 28.6 Å². The van der Waals surface area contributed by atoms with E-state index in [-0.39, 0.29) is 31.1 Å². The molecule has 0 spiro atoms. The molecule has 1 atom stereocenters. The first kappa shape index (κ1) is 61.9. The molecule has 0 saturated carbocycles. The van der Waals surface area contributed by atoms with Crippen LogP contribution in [-0.2, 0) is 28.6 Å². The van der Waals surface area contributed by atoms with Crippen LogP contribution in [0.2, 0.25) is 0 Å². The molecule has 6 nitrogen and oxygen atoms in total. The fraction of sp³-hybridized carbons (Fsp3) is 0.879. The van der Waals surface area contributed by atoms with E-state index in [1.165, 1.54) is 205 Å². The highest BCUT2D eigenvalue weighted by molar-refractivity contribution is 5.71. The first-order valence-corrected chi connectivity index (χ1v) is 28.3. The maximum Gasteiger partial charge on any atom is 0.306 e. The zero-order valence-corrected chi connectivity index (χ0v) is 43.1. The Morgan fingerprint density at radius 3 is 0.812 bits per heavy atom. The number of carbonyl (C=O) groups excluding carboxylic acids is 3. The minimum Gasteiger partial charge on any atom is -0.462 e. The minimum atomic E-state index is -0.772. The molecule has 0 bridgehead atoms. The van der Waals surface area contributed by atoms with Gasteiger partial charge in [-0.05, 0) is 70.6 Å². The van der Waals surface area contributed by atoms with E-state index in [1.807, 2.05) is 0 Å². The Labute approximate surface area is 398 Å². The summed E-state index contributed by atoms with van der Waals surface area (Å²) in [5.74, 6) is -0.867. The second kappa shape index (κ2) is 53.5. The zero-order valence-electron chi connectivity index (χ0n) is 43.1. The van der Waals surface area contributed by atoms with Crippen LogP contribution < -0.4 is 0 Å². The molecule has 0 unspecified atom stereocenters. The molecule has 0 aliphatic rings. The first-order valence-electron chi connectivity index (χ1n) is 28.3. The zero-order chi connectivity index (χ0) is 46.5. The summed E-state index contributed by atoms with van der Waals surface area (Å²) in [4.78, 5) is 38.1. The number of rotatable bonds is 52. The molecule has 0 heterocycles. The molecule has 0 saturated heterocycles. The van der Waals surface area contributed by atoms with Crippen molar-refractivity contribution in [3.8, 4) is 0 Å². The summed E-state index contributed by atoms with van der Waals surface area (Å²) in [6, 6.07) is 0. The SMILES string of the molecule is CCCCC/C=C\CCCCCCCC(=O)OC[C@H](COC(=O)CCCCCCCCC/C=C\CCCCCCCCCC)OC(=O)CCCCCCCCCCCCCCCCC. The van der Waals surface area contributed by atoms with Gasteiger partial charge in [0.15, 0.2) is 6.10 Å². The summed E-state index contributed by atoms with van der Waals surface area (Å²) in [5.41, 5.74) is 0. The first-order chi connectivity index (χ1) is 31.5. The standard InChI is InChI=1S/C58H108O6/c1-4-7-10-13-16-19-22-25-27-28-29-30-32-33-36-39-42-45-48-51-57(60)63-54-55(53-62-56(59)50-47-44-41-38-35-24-21-18-15-12-9-6-3)64-58(61)52-49-46-43-40-37-34-31-26-23-20-17-14-11-8-5-2/h18,21,28-29,55H,4-17,19-20,22-27,30-54H2,1-3H3/b21-18-,29-28-/t55-/m1/s1. The molecular formula is C58H108O6. The van der Waals surface area contributed by atoms with Crippen LogP contribution in [0.5, 0.6) is 0 Å². The second-order valence-electron chi connectivity index (χ2n) is 19.2. The lowest BCUT2D eigenvalue weighted by Gasteiger charge is -2.18. The number of allylic oxidation sites excluding steroid dienone is 4. The molecule has 0 radical (unpaired) electrons. The fourth-order valence-electron chi connectivity index (χ4n) is 8.37. The molecule has 64 heavy (non-hydrogen) atoms. The predicted octanol–water partition coefficient (Wildman–Crippen LogP) is 18.7. The van der Waals surface area contributed by atoms with Crippen molar-refractivity contribution >= 4 is 17.9 Å². The lowest BCUT2D eigenvalue weighted by atomic mass is 10.0. The highest BCUT2D eigenvalue weighted by Crippen LogP contribution is 2.16. The van der Waals surface area contributed by atoms with Crippen LogP contribution >= 0.6 is 0 Å². The Balaban J connectivity index is 4.31. The summed E-state index contributed by atoms with van der Waals surface area (Å²) in [6.45, 7) is 6.65. The van der Waals surface area contributed by atoms with Crippen LogP contribution in [0.25, 0.3) is 0 Å². The van der Waals surface area contributed by atoms with Crippen LogP contribution in [0.3, 0.4) is 0 Å². The molecule has 0 aliphatic heterocycles. The number of carbonyl (C=O) groups is 3. The number of esters is 3. The van der Waals surface area contributed by atoms with E-state index in [0.29, 0.717) is 19.3 Å². The summed E-state index contributed by atoms with van der Waals surface area (Å²) in [6.07, 6.45) is 61.6. The van der Waals surface area contributed by atoms with E-state index < -0.39 is 6.10 Å². The van der Waals surface area contributed by atoms with Gasteiger partial charge >= 0.3 is 17.9 Å². The van der Waals surface area contributed by atoms with E-state index >= 15 is 0 Å². The average molecular weight is 901 g/mol. The van der Waals surface area contributed by atoms with Crippen molar-refractivity contribution in [3.05, 3.63) is 24.3 Å². The molecule has 0 aromatic carbocycles. The van der Waals surface area contributed by atoms with Gasteiger partial charge in [0.1, 0.15) is 13.2 Å². The quantitative estimate of drug-likeness (QED) is 0.0262. The van der Waals surface area contributed by atoms with Crippen molar-refractivity contribution in [1.82, 2.24) is 0 Å². The molecule has 6 heteroatoms. The highest BCUT2D eigenvalue weighted by Gasteiger charge is 2.19. The van der Waals surface area contributed by atoms with Crippen molar-refractivity contribution in [2.45, 2.75) is 316 Å². The molecule has 0 N–H and O–H groups in total. The summed E-state index contributed by atoms with van der Waals surface area (Å²) >= 11 is 0. The molecule has 0 rings (SSSR count). The fourth-order valence-corrected chi connectivity index (χ4v) is 8.37. The lowest BCUT2D eigenvalue weighted by molar-refractivity contribution is -0.167. The largest absolute Gasteiger partial charge is 0.462 e. The van der Waals surface area contributed by atoms with E-state index in [2.05, 4.69) is 45.1 Å². The van der Waals surface area contributed by atoms with Crippen molar-refractivity contribution in [3.63, 3.8) is 0 Å². The van der Waals surface area contributed by atoms with Crippen LogP contribution in [0.4, 0.5) is 0 Å². The normalized spacial score (nSPS) is 12.1. The molecule has 0 aromatic heterocycles. The van der Waals surface area contributed by atoms with Gasteiger partial charge in [-0.1, -0.05) is 244 Å². The lowest BCUT2D eigenvalue weighted by Crippen LogP contribution is -2.30. The van der Waals surface area contributed by atoms with Gasteiger partial charge in [0.25, 0.3) is 0 Å². The Kier molecular flexibility index (Phi) is 51.7. The molecule has 0 aromatic rings. The topological polar surface area (TPSA) is 78.9 Å². The average Bonchev–Trinajstić information content (AvgIpc) is 3.29. The third-order valence-electron chi connectivity index (χ3n) is 12.7. The Morgan fingerprint density at radius 2 is 0.516 bits per heavy atom. The van der Waals surface area contributed by atoms with Crippen molar-refractivity contribution in [2.24, 2.45) is 0 Å². The second-order valence-corrected chi connectivity index (χ2v) is 19.2. The minimum absolute atomic E-state index is 0.0721. The van der Waals surface area contributed by atoms with Gasteiger partial charge < -0.3 is 14.2 Å².